The molecule has 0 aliphatic carbocycles. The van der Waals surface area contributed by atoms with E-state index in [1.165, 1.54) is 12.8 Å². The van der Waals surface area contributed by atoms with E-state index in [-0.39, 0.29) is 5.76 Å². The zero-order valence-corrected chi connectivity index (χ0v) is 12.8. The molecule has 21 heavy (non-hydrogen) atoms. The number of hydrogen-bond donors (Lipinski definition) is 2. The fourth-order valence-electron chi connectivity index (χ4n) is 2.39. The van der Waals surface area contributed by atoms with Crippen LogP contribution in [0.25, 0.3) is 0 Å². The van der Waals surface area contributed by atoms with Gasteiger partial charge in [-0.2, -0.15) is 0 Å². The van der Waals surface area contributed by atoms with E-state index >= 15 is 0 Å². The Kier molecular flexibility index (Phi) is 5.25. The Bertz CT molecular complexity index is 502. The molecule has 1 fully saturated rings. The van der Waals surface area contributed by atoms with E-state index in [1.807, 2.05) is 0 Å². The minimum Gasteiger partial charge on any atom is -0.454 e. The number of carbonyl (C=O) groups excluding carboxylic acids is 1. The molecule has 0 spiro atoms. The number of nitrogens with zero attached hydrogens (tertiary/aromatic N) is 2. The maximum absolute atomic E-state index is 11.0. The number of furan rings is 1. The molecule has 0 saturated carbocycles. The first-order chi connectivity index (χ1) is 10.1. The summed E-state index contributed by atoms with van der Waals surface area (Å²) in [5.41, 5.74) is 5.17. The molecular weight excluding hydrogens is 268 g/mol. The van der Waals surface area contributed by atoms with Crippen LogP contribution in [0.5, 0.6) is 0 Å². The Hall–Kier alpha value is -1.98. The highest BCUT2D eigenvalue weighted by Crippen LogP contribution is 2.16. The number of nitrogens with two attached hydrogens (primary N) is 1. The lowest BCUT2D eigenvalue weighted by molar-refractivity contribution is 0.0972. The van der Waals surface area contributed by atoms with Crippen LogP contribution in [0.2, 0.25) is 0 Å². The van der Waals surface area contributed by atoms with Crippen LogP contribution < -0.4 is 11.1 Å². The molecule has 0 aromatic carbocycles. The Morgan fingerprint density at radius 2 is 2.19 bits per heavy atom. The van der Waals surface area contributed by atoms with Gasteiger partial charge in [-0.25, -0.2) is 4.99 Å². The summed E-state index contributed by atoms with van der Waals surface area (Å²) in [5.74, 6) is 1.96. The van der Waals surface area contributed by atoms with E-state index in [0.717, 1.165) is 31.5 Å². The summed E-state index contributed by atoms with van der Waals surface area (Å²) in [6.45, 7) is 7.63. The van der Waals surface area contributed by atoms with Crippen molar-refractivity contribution in [3.63, 3.8) is 0 Å². The third-order valence-electron chi connectivity index (χ3n) is 3.71. The number of rotatable bonds is 4. The Morgan fingerprint density at radius 1 is 1.48 bits per heavy atom. The van der Waals surface area contributed by atoms with E-state index in [9.17, 15) is 4.79 Å². The van der Waals surface area contributed by atoms with Gasteiger partial charge in [-0.3, -0.25) is 4.79 Å². The molecule has 2 heterocycles. The third kappa shape index (κ3) is 4.24. The lowest BCUT2D eigenvalue weighted by Gasteiger charge is -2.32. The van der Waals surface area contributed by atoms with Gasteiger partial charge in [0, 0.05) is 19.6 Å². The van der Waals surface area contributed by atoms with Gasteiger partial charge in [0.1, 0.15) is 12.3 Å². The summed E-state index contributed by atoms with van der Waals surface area (Å²) >= 11 is 0. The first-order valence-corrected chi connectivity index (χ1v) is 7.52. The Balaban J connectivity index is 2.01. The highest BCUT2D eigenvalue weighted by molar-refractivity contribution is 5.89. The minimum atomic E-state index is -0.554. The van der Waals surface area contributed by atoms with E-state index < -0.39 is 5.91 Å². The lowest BCUT2D eigenvalue weighted by atomic mass is 10.00. The number of likely N-dealkylation sites (tertiary alicyclic amines) is 1. The molecule has 0 bridgehead atoms. The van der Waals surface area contributed by atoms with Gasteiger partial charge in [0.05, 0.1) is 0 Å². The van der Waals surface area contributed by atoms with Crippen molar-refractivity contribution in [1.82, 2.24) is 10.2 Å². The topological polar surface area (TPSA) is 83.9 Å². The largest absolute Gasteiger partial charge is 0.454 e. The molecule has 1 saturated heterocycles. The molecule has 0 unspecified atom stereocenters. The normalized spacial score (nSPS) is 17.0. The molecule has 3 N–H and O–H groups in total. The van der Waals surface area contributed by atoms with Crippen LogP contribution in [0, 0.1) is 5.92 Å². The second-order valence-electron chi connectivity index (χ2n) is 5.47. The average molecular weight is 292 g/mol. The van der Waals surface area contributed by atoms with Crippen LogP contribution >= 0.6 is 0 Å². The Morgan fingerprint density at radius 3 is 2.76 bits per heavy atom. The molecule has 116 valence electrons. The van der Waals surface area contributed by atoms with Crippen LogP contribution in [0.3, 0.4) is 0 Å². The van der Waals surface area contributed by atoms with E-state index in [2.05, 4.69) is 29.1 Å². The maximum Gasteiger partial charge on any atom is 0.284 e. The van der Waals surface area contributed by atoms with E-state index in [0.29, 0.717) is 12.3 Å². The van der Waals surface area contributed by atoms with Gasteiger partial charge in [0.25, 0.3) is 5.91 Å². The van der Waals surface area contributed by atoms with Crippen molar-refractivity contribution in [2.45, 2.75) is 33.2 Å². The third-order valence-corrected chi connectivity index (χ3v) is 3.71. The first kappa shape index (κ1) is 15.4. The van der Waals surface area contributed by atoms with Gasteiger partial charge in [-0.05, 0) is 37.8 Å². The smallest absolute Gasteiger partial charge is 0.284 e. The number of nitrogens with one attached hydrogen (secondary N) is 1. The fraction of sp³-hybridized carbons (Fsp3) is 0.600. The molecule has 1 amide bonds. The molecule has 2 rings (SSSR count). The second kappa shape index (κ2) is 7.15. The van der Waals surface area contributed by atoms with Crippen molar-refractivity contribution in [2.75, 3.05) is 19.6 Å². The predicted octanol–water partition coefficient (Wildman–Crippen LogP) is 1.58. The summed E-state index contributed by atoms with van der Waals surface area (Å²) in [7, 11) is 0. The van der Waals surface area contributed by atoms with Gasteiger partial charge in [-0.15, -0.1) is 0 Å². The lowest BCUT2D eigenvalue weighted by Crippen LogP contribution is -2.45. The van der Waals surface area contributed by atoms with Crippen molar-refractivity contribution in [1.29, 1.82) is 0 Å². The van der Waals surface area contributed by atoms with Crippen molar-refractivity contribution in [3.05, 3.63) is 23.7 Å². The highest BCUT2D eigenvalue weighted by atomic mass is 16.3. The van der Waals surface area contributed by atoms with E-state index in [1.54, 1.807) is 12.1 Å². The SMILES string of the molecule is CCNC(=NCc1ccc(C(N)=O)o1)N1CCC(C)CC1. The first-order valence-electron chi connectivity index (χ1n) is 7.52. The van der Waals surface area contributed by atoms with E-state index in [4.69, 9.17) is 10.2 Å². The van der Waals surface area contributed by atoms with Crippen LogP contribution in [0.15, 0.2) is 21.5 Å². The molecule has 0 radical (unpaired) electrons. The van der Waals surface area contributed by atoms with Crippen LogP contribution in [-0.4, -0.2) is 36.4 Å². The number of piperidine rings is 1. The number of primary amides is 1. The predicted molar refractivity (Wildman–Crippen MR) is 82.0 cm³/mol. The number of carbonyl (C=O) groups is 1. The fourth-order valence-corrected chi connectivity index (χ4v) is 2.39. The zero-order chi connectivity index (χ0) is 15.2. The number of hydrogen-bond acceptors (Lipinski definition) is 3. The summed E-state index contributed by atoms with van der Waals surface area (Å²) in [4.78, 5) is 17.9. The standard InChI is InChI=1S/C15H24N4O2/c1-3-17-15(19-8-6-11(2)7-9-19)18-10-12-4-5-13(21-12)14(16)20/h4-5,11H,3,6-10H2,1-2H3,(H2,16,20)(H,17,18). The number of guanidine groups is 1. The maximum atomic E-state index is 11.0. The monoisotopic (exact) mass is 292 g/mol. The Labute approximate surface area is 125 Å². The van der Waals surface area contributed by atoms with Gasteiger partial charge >= 0.3 is 0 Å². The molecule has 0 atom stereocenters. The molecule has 1 aromatic heterocycles. The van der Waals surface area contributed by atoms with Crippen LogP contribution in [0.1, 0.15) is 43.0 Å². The summed E-state index contributed by atoms with van der Waals surface area (Å²) in [6.07, 6.45) is 2.38. The van der Waals surface area contributed by atoms with Gasteiger partial charge < -0.3 is 20.4 Å². The van der Waals surface area contributed by atoms with Crippen molar-refractivity contribution < 1.29 is 9.21 Å². The number of aliphatic imine (C=N–C) groups is 1. The number of amides is 1. The molecule has 1 aromatic rings. The molecule has 6 heteroatoms. The van der Waals surface area contributed by atoms with Crippen molar-refractivity contribution in [3.8, 4) is 0 Å². The highest BCUT2D eigenvalue weighted by Gasteiger charge is 2.18. The van der Waals surface area contributed by atoms with Crippen molar-refractivity contribution >= 4 is 11.9 Å². The van der Waals surface area contributed by atoms with Crippen LogP contribution in [0.4, 0.5) is 0 Å². The van der Waals surface area contributed by atoms with Gasteiger partial charge in [0.2, 0.25) is 0 Å². The second-order valence-corrected chi connectivity index (χ2v) is 5.47. The van der Waals surface area contributed by atoms with Gasteiger partial charge in [-0.1, -0.05) is 6.92 Å². The van der Waals surface area contributed by atoms with Crippen molar-refractivity contribution in [2.24, 2.45) is 16.6 Å². The summed E-state index contributed by atoms with van der Waals surface area (Å²) in [5, 5.41) is 3.31. The quantitative estimate of drug-likeness (QED) is 0.652. The molecule has 6 nitrogen and oxygen atoms in total. The van der Waals surface area contributed by atoms with Gasteiger partial charge in [0.15, 0.2) is 11.7 Å². The molecule has 1 aliphatic rings. The zero-order valence-electron chi connectivity index (χ0n) is 12.8. The minimum absolute atomic E-state index is 0.178. The molecular formula is C15H24N4O2. The average Bonchev–Trinajstić information content (AvgIpc) is 2.93. The molecule has 1 aliphatic heterocycles. The summed E-state index contributed by atoms with van der Waals surface area (Å²) < 4.78 is 5.35. The summed E-state index contributed by atoms with van der Waals surface area (Å²) in [6, 6.07) is 3.33. The van der Waals surface area contributed by atoms with Crippen LogP contribution in [-0.2, 0) is 6.54 Å².